The third-order valence-corrected chi connectivity index (χ3v) is 6.14. The molecule has 7 nitrogen and oxygen atoms in total. The van der Waals surface area contributed by atoms with Gasteiger partial charge in [-0.2, -0.15) is 0 Å². The largest absolute Gasteiger partial charge is 0.454 e. The van der Waals surface area contributed by atoms with E-state index in [0.717, 1.165) is 18.4 Å². The van der Waals surface area contributed by atoms with Gasteiger partial charge in [0.25, 0.3) is 5.56 Å². The molecule has 2 aliphatic rings. The first-order valence-corrected chi connectivity index (χ1v) is 9.82. The van der Waals surface area contributed by atoms with E-state index in [-0.39, 0.29) is 35.3 Å². The predicted octanol–water partition coefficient (Wildman–Crippen LogP) is 3.04. The van der Waals surface area contributed by atoms with E-state index in [1.54, 1.807) is 0 Å². The molecule has 1 aromatic heterocycles. The van der Waals surface area contributed by atoms with Crippen LogP contribution in [0.4, 0.5) is 5.82 Å². The Morgan fingerprint density at radius 2 is 2.00 bits per heavy atom. The highest BCUT2D eigenvalue weighted by Crippen LogP contribution is 2.43. The van der Waals surface area contributed by atoms with E-state index < -0.39 is 0 Å². The average molecular weight is 375 g/mol. The number of fused-ring (bicyclic) bond motifs is 2. The van der Waals surface area contributed by atoms with Gasteiger partial charge in [-0.15, -0.1) is 11.8 Å². The number of nitrogens with one attached hydrogen (secondary N) is 2. The number of anilines is 1. The smallest absolute Gasteiger partial charge is 0.270 e. The fourth-order valence-electron chi connectivity index (χ4n) is 3.51. The van der Waals surface area contributed by atoms with Crippen molar-refractivity contribution in [2.45, 2.75) is 38.0 Å². The van der Waals surface area contributed by atoms with Crippen LogP contribution in [0.25, 0.3) is 0 Å². The maximum Gasteiger partial charge on any atom is 0.270 e. The standard InChI is InChI=1S/C18H21N3O4S/c1-3-11(4-2)21-17-15(18(23)20-21)16(26-8-14(22)19-17)10-5-6-12-13(7-10)25-9-24-12/h5-7,11,16H,3-4,8-9H2,1-2H3,(H,19,22)(H,20,23)/t16-/m1/s1. The Morgan fingerprint density at radius 3 is 2.77 bits per heavy atom. The van der Waals surface area contributed by atoms with Gasteiger partial charge in [-0.05, 0) is 30.5 Å². The lowest BCUT2D eigenvalue weighted by atomic mass is 10.1. The normalized spacial score (nSPS) is 18.6. The molecule has 26 heavy (non-hydrogen) atoms. The summed E-state index contributed by atoms with van der Waals surface area (Å²) in [5.74, 6) is 2.14. The minimum atomic E-state index is -0.252. The first-order valence-electron chi connectivity index (χ1n) is 8.77. The van der Waals surface area contributed by atoms with E-state index >= 15 is 0 Å². The van der Waals surface area contributed by atoms with Crippen LogP contribution in [0.2, 0.25) is 0 Å². The number of aromatic amines is 1. The van der Waals surface area contributed by atoms with E-state index in [0.29, 0.717) is 22.9 Å². The monoisotopic (exact) mass is 375 g/mol. The van der Waals surface area contributed by atoms with Crippen LogP contribution in [-0.4, -0.2) is 28.2 Å². The summed E-state index contributed by atoms with van der Waals surface area (Å²) >= 11 is 1.45. The molecule has 0 spiro atoms. The summed E-state index contributed by atoms with van der Waals surface area (Å²) in [5.41, 5.74) is 1.35. The molecule has 2 aromatic rings. The van der Waals surface area contributed by atoms with Crippen LogP contribution in [-0.2, 0) is 4.79 Å². The fourth-order valence-corrected chi connectivity index (χ4v) is 4.63. The molecule has 0 bridgehead atoms. The molecule has 0 radical (unpaired) electrons. The lowest BCUT2D eigenvalue weighted by Crippen LogP contribution is -2.19. The molecule has 1 amide bonds. The Morgan fingerprint density at radius 1 is 1.23 bits per heavy atom. The number of ether oxygens (including phenoxy) is 2. The highest BCUT2D eigenvalue weighted by Gasteiger charge is 2.32. The van der Waals surface area contributed by atoms with Crippen LogP contribution in [0.15, 0.2) is 23.0 Å². The first-order chi connectivity index (χ1) is 12.6. The number of amides is 1. The van der Waals surface area contributed by atoms with Crippen molar-refractivity contribution in [1.29, 1.82) is 0 Å². The van der Waals surface area contributed by atoms with Crippen molar-refractivity contribution in [3.8, 4) is 11.5 Å². The van der Waals surface area contributed by atoms with E-state index in [1.807, 2.05) is 22.9 Å². The molecule has 0 fully saturated rings. The van der Waals surface area contributed by atoms with E-state index in [2.05, 4.69) is 24.3 Å². The molecule has 1 aromatic carbocycles. The summed E-state index contributed by atoms with van der Waals surface area (Å²) in [6.45, 7) is 4.34. The van der Waals surface area contributed by atoms with Crippen LogP contribution in [0.3, 0.4) is 0 Å². The summed E-state index contributed by atoms with van der Waals surface area (Å²) in [5, 5.41) is 5.61. The van der Waals surface area contributed by atoms with Gasteiger partial charge in [-0.25, -0.2) is 0 Å². The van der Waals surface area contributed by atoms with Crippen molar-refractivity contribution in [3.63, 3.8) is 0 Å². The second-order valence-electron chi connectivity index (χ2n) is 6.40. The van der Waals surface area contributed by atoms with Crippen molar-refractivity contribution in [2.75, 3.05) is 17.9 Å². The molecule has 1 atom stereocenters. The quantitative estimate of drug-likeness (QED) is 0.858. The van der Waals surface area contributed by atoms with Gasteiger partial charge in [0.2, 0.25) is 12.7 Å². The number of carbonyl (C=O) groups excluding carboxylic acids is 1. The number of nitrogens with zero attached hydrogens (tertiary/aromatic N) is 1. The second-order valence-corrected chi connectivity index (χ2v) is 7.49. The highest BCUT2D eigenvalue weighted by atomic mass is 32.2. The number of carbonyl (C=O) groups is 1. The van der Waals surface area contributed by atoms with E-state index in [1.165, 1.54) is 11.8 Å². The van der Waals surface area contributed by atoms with Crippen molar-refractivity contribution < 1.29 is 14.3 Å². The van der Waals surface area contributed by atoms with Crippen molar-refractivity contribution in [3.05, 3.63) is 39.7 Å². The van der Waals surface area contributed by atoms with Gasteiger partial charge in [-0.3, -0.25) is 19.4 Å². The SMILES string of the molecule is CCC(CC)n1[nH]c(=O)c2c1NC(=O)CS[C@@H]2c1ccc2c(c1)OCO2. The fraction of sp³-hybridized carbons (Fsp3) is 0.444. The lowest BCUT2D eigenvalue weighted by molar-refractivity contribution is -0.113. The van der Waals surface area contributed by atoms with Crippen LogP contribution >= 0.6 is 11.8 Å². The predicted molar refractivity (Wildman–Crippen MR) is 100 cm³/mol. The van der Waals surface area contributed by atoms with Crippen molar-refractivity contribution in [1.82, 2.24) is 9.78 Å². The first kappa shape index (κ1) is 17.1. The van der Waals surface area contributed by atoms with E-state index in [9.17, 15) is 9.59 Å². The van der Waals surface area contributed by atoms with Gasteiger partial charge >= 0.3 is 0 Å². The molecule has 0 saturated heterocycles. The van der Waals surface area contributed by atoms with Gasteiger partial charge in [0.05, 0.1) is 22.6 Å². The lowest BCUT2D eigenvalue weighted by Gasteiger charge is -2.18. The van der Waals surface area contributed by atoms with Crippen molar-refractivity contribution >= 4 is 23.5 Å². The summed E-state index contributed by atoms with van der Waals surface area (Å²) in [6.07, 6.45) is 1.73. The number of H-pyrrole nitrogens is 1. The van der Waals surface area contributed by atoms with Crippen molar-refractivity contribution in [2.24, 2.45) is 0 Å². The zero-order chi connectivity index (χ0) is 18.3. The molecule has 8 heteroatoms. The maximum absolute atomic E-state index is 12.8. The molecular formula is C18H21N3O4S. The molecule has 3 heterocycles. The average Bonchev–Trinajstić information content (AvgIpc) is 3.17. The van der Waals surface area contributed by atoms with Gasteiger partial charge in [0.1, 0.15) is 5.82 Å². The molecular weight excluding hydrogens is 354 g/mol. The zero-order valence-electron chi connectivity index (χ0n) is 14.7. The van der Waals surface area contributed by atoms with Gasteiger partial charge < -0.3 is 14.8 Å². The minimum Gasteiger partial charge on any atom is -0.454 e. The summed E-state index contributed by atoms with van der Waals surface area (Å²) < 4.78 is 12.7. The molecule has 138 valence electrons. The number of thioether (sulfide) groups is 1. The zero-order valence-corrected chi connectivity index (χ0v) is 15.5. The molecule has 0 saturated carbocycles. The molecule has 2 N–H and O–H groups in total. The Bertz CT molecular complexity index is 900. The van der Waals surface area contributed by atoms with Crippen LogP contribution in [0.1, 0.15) is 49.1 Å². The number of hydrogen-bond acceptors (Lipinski definition) is 5. The highest BCUT2D eigenvalue weighted by molar-refractivity contribution is 8.00. The Labute approximate surface area is 155 Å². The number of benzene rings is 1. The van der Waals surface area contributed by atoms with Gasteiger partial charge in [0, 0.05) is 0 Å². The minimum absolute atomic E-state index is 0.0989. The summed E-state index contributed by atoms with van der Waals surface area (Å²) in [7, 11) is 0. The van der Waals surface area contributed by atoms with Crippen LogP contribution < -0.4 is 20.3 Å². The second kappa shape index (κ2) is 6.75. The Hall–Kier alpha value is -2.35. The molecule has 4 rings (SSSR count). The van der Waals surface area contributed by atoms with Gasteiger partial charge in [-0.1, -0.05) is 19.9 Å². The summed E-state index contributed by atoms with van der Waals surface area (Å²) in [4.78, 5) is 25.1. The summed E-state index contributed by atoms with van der Waals surface area (Å²) in [6, 6.07) is 5.81. The van der Waals surface area contributed by atoms with E-state index in [4.69, 9.17) is 9.47 Å². The number of aromatic nitrogens is 2. The number of rotatable bonds is 4. The molecule has 0 aliphatic carbocycles. The maximum atomic E-state index is 12.8. The molecule has 0 unspecified atom stereocenters. The molecule has 2 aliphatic heterocycles. The third kappa shape index (κ3) is 2.78. The van der Waals surface area contributed by atoms with Crippen LogP contribution in [0.5, 0.6) is 11.5 Å². The van der Waals surface area contributed by atoms with Crippen LogP contribution in [0, 0.1) is 0 Å². The topological polar surface area (TPSA) is 85.4 Å². The van der Waals surface area contributed by atoms with Gasteiger partial charge in [0.15, 0.2) is 11.5 Å². The Kier molecular flexibility index (Phi) is 4.44. The Balaban J connectivity index is 1.84. The third-order valence-electron chi connectivity index (χ3n) is 4.87. The number of hydrogen-bond donors (Lipinski definition) is 2.